The van der Waals surface area contributed by atoms with Gasteiger partial charge >= 0.3 is 0 Å². The normalized spacial score (nSPS) is 22.3. The minimum atomic E-state index is -0.0245. The van der Waals surface area contributed by atoms with Gasteiger partial charge in [0, 0.05) is 37.9 Å². The second-order valence-electron chi connectivity index (χ2n) is 6.50. The number of likely N-dealkylation sites (tertiary alicyclic amines) is 1. The molecule has 1 aromatic rings. The number of rotatable bonds is 3. The lowest BCUT2D eigenvalue weighted by Gasteiger charge is -2.43. The van der Waals surface area contributed by atoms with E-state index >= 15 is 0 Å². The maximum Gasteiger partial charge on any atom is 0.274 e. The number of ether oxygens (including phenoxy) is 1. The van der Waals surface area contributed by atoms with E-state index in [9.17, 15) is 4.79 Å². The molecule has 1 aliphatic rings. The molecule has 1 aromatic heterocycles. The highest BCUT2D eigenvalue weighted by atomic mass is 16.5. The Morgan fingerprint density at radius 2 is 2.20 bits per heavy atom. The Hall–Kier alpha value is -1.36. The van der Waals surface area contributed by atoms with Gasteiger partial charge in [-0.1, -0.05) is 13.8 Å². The Balaban J connectivity index is 2.10. The highest BCUT2D eigenvalue weighted by Gasteiger charge is 2.38. The van der Waals surface area contributed by atoms with Crippen molar-refractivity contribution < 1.29 is 9.53 Å². The standard InChI is InChI=1S/C15H25N3O2/c1-11(2)18-9-6-12(16-18)14(19)17-8-7-13(20-5)15(3,4)10-17/h6,9,11,13H,7-8,10H2,1-5H3/t13-/m0/s1. The molecule has 112 valence electrons. The first-order chi connectivity index (χ1) is 9.35. The van der Waals surface area contributed by atoms with Gasteiger partial charge in [0.1, 0.15) is 5.69 Å². The van der Waals surface area contributed by atoms with Crippen LogP contribution in [0, 0.1) is 5.41 Å². The van der Waals surface area contributed by atoms with Gasteiger partial charge in [0.05, 0.1) is 6.10 Å². The van der Waals surface area contributed by atoms with Crippen molar-refractivity contribution in [2.24, 2.45) is 5.41 Å². The van der Waals surface area contributed by atoms with Gasteiger partial charge in [0.25, 0.3) is 5.91 Å². The quantitative estimate of drug-likeness (QED) is 0.853. The first-order valence-corrected chi connectivity index (χ1v) is 7.22. The van der Waals surface area contributed by atoms with Crippen molar-refractivity contribution in [3.63, 3.8) is 0 Å². The molecular weight excluding hydrogens is 254 g/mol. The number of carbonyl (C=O) groups excluding carboxylic acids is 1. The molecule has 0 saturated carbocycles. The summed E-state index contributed by atoms with van der Waals surface area (Å²) in [4.78, 5) is 14.4. The summed E-state index contributed by atoms with van der Waals surface area (Å²) in [5.74, 6) is 0.0204. The summed E-state index contributed by atoms with van der Waals surface area (Å²) >= 11 is 0. The van der Waals surface area contributed by atoms with Crippen LogP contribution in [0.3, 0.4) is 0 Å². The predicted molar refractivity (Wildman–Crippen MR) is 77.7 cm³/mol. The summed E-state index contributed by atoms with van der Waals surface area (Å²) in [7, 11) is 1.74. The fourth-order valence-electron chi connectivity index (χ4n) is 2.85. The molecular formula is C15H25N3O2. The molecule has 1 atom stereocenters. The molecule has 1 saturated heterocycles. The number of methoxy groups -OCH3 is 1. The lowest BCUT2D eigenvalue weighted by molar-refractivity contribution is -0.0444. The number of nitrogens with zero attached hydrogens (tertiary/aromatic N) is 3. The minimum absolute atomic E-state index is 0.0204. The molecule has 0 unspecified atom stereocenters. The fourth-order valence-corrected chi connectivity index (χ4v) is 2.85. The second-order valence-corrected chi connectivity index (χ2v) is 6.50. The zero-order chi connectivity index (χ0) is 14.9. The predicted octanol–water partition coefficient (Wildman–Crippen LogP) is 2.35. The minimum Gasteiger partial charge on any atom is -0.381 e. The van der Waals surface area contributed by atoms with Crippen molar-refractivity contribution in [2.45, 2.75) is 46.3 Å². The summed E-state index contributed by atoms with van der Waals surface area (Å²) in [6.45, 7) is 9.83. The molecule has 0 bridgehead atoms. The molecule has 0 spiro atoms. The third-order valence-electron chi connectivity index (χ3n) is 4.06. The molecule has 20 heavy (non-hydrogen) atoms. The summed E-state index contributed by atoms with van der Waals surface area (Å²) in [5.41, 5.74) is 0.508. The first-order valence-electron chi connectivity index (χ1n) is 7.22. The van der Waals surface area contributed by atoms with Crippen LogP contribution in [0.15, 0.2) is 12.3 Å². The van der Waals surface area contributed by atoms with E-state index in [1.54, 1.807) is 13.2 Å². The van der Waals surface area contributed by atoms with Crippen molar-refractivity contribution in [1.29, 1.82) is 0 Å². The van der Waals surface area contributed by atoms with Gasteiger partial charge in [0.15, 0.2) is 0 Å². The molecule has 1 amide bonds. The molecule has 0 radical (unpaired) electrons. The highest BCUT2D eigenvalue weighted by Crippen LogP contribution is 2.31. The maximum absolute atomic E-state index is 12.5. The van der Waals surface area contributed by atoms with E-state index in [-0.39, 0.29) is 23.5 Å². The van der Waals surface area contributed by atoms with Gasteiger partial charge in [-0.3, -0.25) is 9.48 Å². The highest BCUT2D eigenvalue weighted by molar-refractivity contribution is 5.92. The van der Waals surface area contributed by atoms with E-state index in [1.165, 1.54) is 0 Å². The summed E-state index contributed by atoms with van der Waals surface area (Å²) in [6.07, 6.45) is 2.95. The van der Waals surface area contributed by atoms with Crippen LogP contribution in [0.4, 0.5) is 0 Å². The van der Waals surface area contributed by atoms with E-state index in [0.29, 0.717) is 12.2 Å². The van der Waals surface area contributed by atoms with Crippen molar-refractivity contribution in [3.8, 4) is 0 Å². The van der Waals surface area contributed by atoms with Gasteiger partial charge in [-0.2, -0.15) is 5.10 Å². The lowest BCUT2D eigenvalue weighted by Crippen LogP contribution is -2.51. The number of aromatic nitrogens is 2. The first kappa shape index (κ1) is 15.0. The fraction of sp³-hybridized carbons (Fsp3) is 0.733. The van der Waals surface area contributed by atoms with Gasteiger partial charge in [-0.25, -0.2) is 0 Å². The number of hydrogen-bond acceptors (Lipinski definition) is 3. The van der Waals surface area contributed by atoms with E-state index < -0.39 is 0 Å². The summed E-state index contributed by atoms with van der Waals surface area (Å²) in [5, 5.41) is 4.37. The Bertz CT molecular complexity index is 479. The van der Waals surface area contributed by atoms with Crippen LogP contribution < -0.4 is 0 Å². The third-order valence-corrected chi connectivity index (χ3v) is 4.06. The summed E-state index contributed by atoms with van der Waals surface area (Å²) in [6, 6.07) is 2.07. The van der Waals surface area contributed by atoms with Crippen LogP contribution in [0.2, 0.25) is 0 Å². The zero-order valence-electron chi connectivity index (χ0n) is 13.1. The van der Waals surface area contributed by atoms with Crippen LogP contribution in [-0.4, -0.2) is 46.9 Å². The smallest absolute Gasteiger partial charge is 0.274 e. The average molecular weight is 279 g/mol. The van der Waals surface area contributed by atoms with Crippen molar-refractivity contribution in [1.82, 2.24) is 14.7 Å². The number of amides is 1. The molecule has 5 nitrogen and oxygen atoms in total. The van der Waals surface area contributed by atoms with Crippen LogP contribution >= 0.6 is 0 Å². The van der Waals surface area contributed by atoms with Gasteiger partial charge < -0.3 is 9.64 Å². The molecule has 2 rings (SSSR count). The third kappa shape index (κ3) is 2.87. The molecule has 1 fully saturated rings. The largest absolute Gasteiger partial charge is 0.381 e. The van der Waals surface area contributed by atoms with Gasteiger partial charge in [-0.05, 0) is 26.3 Å². The van der Waals surface area contributed by atoms with Gasteiger partial charge in [0.2, 0.25) is 0 Å². The maximum atomic E-state index is 12.5. The molecule has 2 heterocycles. The van der Waals surface area contributed by atoms with Crippen LogP contribution in [0.25, 0.3) is 0 Å². The SMILES string of the molecule is CO[C@H]1CCN(C(=O)c2ccn(C(C)C)n2)CC1(C)C. The van der Waals surface area contributed by atoms with E-state index in [1.807, 2.05) is 15.8 Å². The van der Waals surface area contributed by atoms with E-state index in [4.69, 9.17) is 4.74 Å². The Kier molecular flexibility index (Phi) is 4.18. The average Bonchev–Trinajstić information content (AvgIpc) is 2.86. The Morgan fingerprint density at radius 3 is 2.70 bits per heavy atom. The van der Waals surface area contributed by atoms with Crippen LogP contribution in [-0.2, 0) is 4.74 Å². The van der Waals surface area contributed by atoms with E-state index in [2.05, 4.69) is 32.8 Å². The number of carbonyl (C=O) groups is 1. The zero-order valence-corrected chi connectivity index (χ0v) is 13.1. The molecule has 1 aliphatic heterocycles. The summed E-state index contributed by atoms with van der Waals surface area (Å²) < 4.78 is 7.34. The van der Waals surface area contributed by atoms with Crippen LogP contribution in [0.5, 0.6) is 0 Å². The molecule has 5 heteroatoms. The lowest BCUT2D eigenvalue weighted by atomic mass is 9.81. The topological polar surface area (TPSA) is 47.4 Å². The van der Waals surface area contributed by atoms with Gasteiger partial charge in [-0.15, -0.1) is 0 Å². The number of piperidine rings is 1. The second kappa shape index (κ2) is 5.56. The van der Waals surface area contributed by atoms with Crippen molar-refractivity contribution in [3.05, 3.63) is 18.0 Å². The monoisotopic (exact) mass is 279 g/mol. The van der Waals surface area contributed by atoms with Crippen molar-refractivity contribution >= 4 is 5.91 Å². The molecule has 0 N–H and O–H groups in total. The van der Waals surface area contributed by atoms with Crippen LogP contribution in [0.1, 0.15) is 50.6 Å². The van der Waals surface area contributed by atoms with Crippen molar-refractivity contribution in [2.75, 3.05) is 20.2 Å². The molecule has 0 aromatic carbocycles. The Labute approximate surface area is 120 Å². The van der Waals surface area contributed by atoms with E-state index in [0.717, 1.165) is 13.0 Å². The molecule has 0 aliphatic carbocycles. The Morgan fingerprint density at radius 1 is 1.50 bits per heavy atom. The number of hydrogen-bond donors (Lipinski definition) is 0.